The lowest BCUT2D eigenvalue weighted by atomic mass is 10.1. The van der Waals surface area contributed by atoms with Gasteiger partial charge < -0.3 is 9.84 Å². The van der Waals surface area contributed by atoms with Gasteiger partial charge in [-0.3, -0.25) is 4.40 Å². The fourth-order valence-corrected chi connectivity index (χ4v) is 2.53. The van der Waals surface area contributed by atoms with Crippen LogP contribution in [0.1, 0.15) is 42.7 Å². The Hall–Kier alpha value is -3.22. The van der Waals surface area contributed by atoms with Crippen molar-refractivity contribution in [1.29, 1.82) is 0 Å². The summed E-state index contributed by atoms with van der Waals surface area (Å²) in [5, 5.41) is 18.6. The highest BCUT2D eigenvalue weighted by Gasteiger charge is 2.17. The Morgan fingerprint density at radius 3 is 2.62 bits per heavy atom. The Morgan fingerprint density at radius 1 is 1.23 bits per heavy atom. The molecule has 0 radical (unpaired) electrons. The van der Waals surface area contributed by atoms with E-state index in [9.17, 15) is 9.90 Å². The summed E-state index contributed by atoms with van der Waals surface area (Å²) in [4.78, 5) is 16.2. The Kier molecular flexibility index (Phi) is 4.97. The molecule has 0 bridgehead atoms. The fourth-order valence-electron chi connectivity index (χ4n) is 2.53. The fraction of sp³-hybridized carbons (Fsp3) is 0.263. The second-order valence-corrected chi connectivity index (χ2v) is 6.03. The Labute approximate surface area is 151 Å². The van der Waals surface area contributed by atoms with E-state index < -0.39 is 0 Å². The van der Waals surface area contributed by atoms with Gasteiger partial charge in [0.05, 0.1) is 23.6 Å². The van der Waals surface area contributed by atoms with Gasteiger partial charge in [-0.05, 0) is 49.2 Å². The number of ether oxygens (including phenoxy) is 1. The third-order valence-corrected chi connectivity index (χ3v) is 3.82. The molecule has 0 unspecified atom stereocenters. The van der Waals surface area contributed by atoms with Crippen molar-refractivity contribution in [2.45, 2.75) is 26.7 Å². The smallest absolute Gasteiger partial charge is 0.338 e. The van der Waals surface area contributed by atoms with Crippen molar-refractivity contribution in [2.24, 2.45) is 10.2 Å². The van der Waals surface area contributed by atoms with Crippen LogP contribution in [0.4, 0.5) is 11.5 Å². The minimum Gasteiger partial charge on any atom is -0.504 e. The van der Waals surface area contributed by atoms with Crippen LogP contribution in [0, 0.1) is 0 Å². The molecule has 0 atom stereocenters. The predicted octanol–water partition coefficient (Wildman–Crippen LogP) is 4.76. The number of carbonyl (C=O) groups is 1. The Morgan fingerprint density at radius 2 is 1.96 bits per heavy atom. The van der Waals surface area contributed by atoms with Crippen molar-refractivity contribution < 1.29 is 14.6 Å². The lowest BCUT2D eigenvalue weighted by molar-refractivity contribution is 0.0526. The summed E-state index contributed by atoms with van der Waals surface area (Å²) in [5.41, 5.74) is 2.26. The van der Waals surface area contributed by atoms with E-state index in [1.807, 2.05) is 13.8 Å². The van der Waals surface area contributed by atoms with Gasteiger partial charge in [0.15, 0.2) is 17.2 Å². The first kappa shape index (κ1) is 17.6. The highest BCUT2D eigenvalue weighted by Crippen LogP contribution is 2.32. The van der Waals surface area contributed by atoms with Crippen molar-refractivity contribution in [3.05, 3.63) is 53.9 Å². The van der Waals surface area contributed by atoms with Gasteiger partial charge in [0, 0.05) is 6.20 Å². The molecule has 0 aliphatic heterocycles. The molecule has 0 amide bonds. The number of fused-ring (bicyclic) bond motifs is 1. The van der Waals surface area contributed by atoms with Crippen molar-refractivity contribution in [2.75, 3.05) is 6.61 Å². The number of aromatic hydroxyl groups is 1. The van der Waals surface area contributed by atoms with E-state index in [-0.39, 0.29) is 17.6 Å². The molecular weight excluding hydrogens is 332 g/mol. The minimum absolute atomic E-state index is 0.0923. The molecule has 0 saturated heterocycles. The van der Waals surface area contributed by atoms with Gasteiger partial charge in [-0.15, -0.1) is 10.2 Å². The summed E-state index contributed by atoms with van der Waals surface area (Å²) in [6, 6.07) is 10.0. The molecule has 0 fully saturated rings. The van der Waals surface area contributed by atoms with E-state index in [4.69, 9.17) is 4.74 Å². The van der Waals surface area contributed by atoms with Crippen LogP contribution in [0.5, 0.6) is 5.75 Å². The van der Waals surface area contributed by atoms with Crippen LogP contribution in [-0.4, -0.2) is 27.1 Å². The summed E-state index contributed by atoms with van der Waals surface area (Å²) in [7, 11) is 0. The van der Waals surface area contributed by atoms with Gasteiger partial charge in [-0.1, -0.05) is 13.8 Å². The summed E-state index contributed by atoms with van der Waals surface area (Å²) in [6.45, 7) is 6.11. The second-order valence-electron chi connectivity index (χ2n) is 6.03. The van der Waals surface area contributed by atoms with E-state index in [1.54, 1.807) is 53.9 Å². The van der Waals surface area contributed by atoms with E-state index in [0.29, 0.717) is 29.3 Å². The third-order valence-electron chi connectivity index (χ3n) is 3.82. The van der Waals surface area contributed by atoms with Crippen molar-refractivity contribution in [3.63, 3.8) is 0 Å². The van der Waals surface area contributed by atoms with Crippen LogP contribution in [0.25, 0.3) is 5.65 Å². The summed E-state index contributed by atoms with van der Waals surface area (Å²) < 4.78 is 6.67. The molecule has 26 heavy (non-hydrogen) atoms. The standard InChI is InChI=1S/C19H20N4O3/c1-4-26-19(25)13-7-9-14(10-8-13)21-22-18-16(12(2)3)20-17-15(24)6-5-11-23(17)18/h5-12,24H,4H2,1-3H3. The third kappa shape index (κ3) is 3.42. The van der Waals surface area contributed by atoms with Crippen LogP contribution in [0.3, 0.4) is 0 Å². The number of nitrogens with zero attached hydrogens (tertiary/aromatic N) is 4. The maximum atomic E-state index is 11.7. The molecule has 0 spiro atoms. The number of imidazole rings is 1. The maximum Gasteiger partial charge on any atom is 0.338 e. The first-order valence-electron chi connectivity index (χ1n) is 8.40. The molecular formula is C19H20N4O3. The van der Waals surface area contributed by atoms with Gasteiger partial charge >= 0.3 is 5.97 Å². The first-order valence-corrected chi connectivity index (χ1v) is 8.40. The Bertz CT molecular complexity index is 959. The molecule has 0 saturated carbocycles. The minimum atomic E-state index is -0.365. The SMILES string of the molecule is CCOC(=O)c1ccc(N=Nc2c(C(C)C)nc3c(O)cccn23)cc1. The molecule has 2 aromatic heterocycles. The zero-order chi connectivity index (χ0) is 18.7. The zero-order valence-electron chi connectivity index (χ0n) is 14.9. The Balaban J connectivity index is 1.94. The zero-order valence-corrected chi connectivity index (χ0v) is 14.9. The van der Waals surface area contributed by atoms with Gasteiger partial charge in [0.2, 0.25) is 0 Å². The molecule has 3 rings (SSSR count). The molecule has 7 nitrogen and oxygen atoms in total. The number of hydrogen-bond acceptors (Lipinski definition) is 6. The van der Waals surface area contributed by atoms with Crippen LogP contribution in [0.15, 0.2) is 52.8 Å². The van der Waals surface area contributed by atoms with Crippen LogP contribution < -0.4 is 0 Å². The average molecular weight is 352 g/mol. The first-order chi connectivity index (χ1) is 12.5. The molecule has 1 aromatic carbocycles. The number of aromatic nitrogens is 2. The second kappa shape index (κ2) is 7.35. The number of pyridine rings is 1. The topological polar surface area (TPSA) is 88.5 Å². The summed E-state index contributed by atoms with van der Waals surface area (Å²) in [6.07, 6.45) is 1.78. The van der Waals surface area contributed by atoms with Crippen molar-refractivity contribution in [1.82, 2.24) is 9.38 Å². The number of azo groups is 1. The van der Waals surface area contributed by atoms with E-state index in [0.717, 1.165) is 5.69 Å². The lowest BCUT2D eigenvalue weighted by Gasteiger charge is -2.02. The molecule has 134 valence electrons. The van der Waals surface area contributed by atoms with Crippen LogP contribution in [0.2, 0.25) is 0 Å². The monoisotopic (exact) mass is 352 g/mol. The van der Waals surface area contributed by atoms with Crippen LogP contribution in [-0.2, 0) is 4.74 Å². The van der Waals surface area contributed by atoms with Crippen molar-refractivity contribution in [3.8, 4) is 5.75 Å². The van der Waals surface area contributed by atoms with Gasteiger partial charge in [0.25, 0.3) is 0 Å². The number of benzene rings is 1. The van der Waals surface area contributed by atoms with E-state index >= 15 is 0 Å². The number of hydrogen-bond donors (Lipinski definition) is 1. The lowest BCUT2D eigenvalue weighted by Crippen LogP contribution is -2.03. The van der Waals surface area contributed by atoms with Crippen molar-refractivity contribution >= 4 is 23.1 Å². The number of esters is 1. The molecule has 7 heteroatoms. The molecule has 1 N–H and O–H groups in total. The highest BCUT2D eigenvalue weighted by atomic mass is 16.5. The largest absolute Gasteiger partial charge is 0.504 e. The highest BCUT2D eigenvalue weighted by molar-refractivity contribution is 5.89. The molecule has 2 heterocycles. The maximum absolute atomic E-state index is 11.7. The van der Waals surface area contributed by atoms with Gasteiger partial charge in [-0.2, -0.15) is 0 Å². The molecule has 0 aliphatic carbocycles. The normalized spacial score (nSPS) is 11.5. The average Bonchev–Trinajstić information content (AvgIpc) is 3.01. The molecule has 3 aromatic rings. The number of rotatable bonds is 5. The summed E-state index contributed by atoms with van der Waals surface area (Å²) >= 11 is 0. The quantitative estimate of drug-likeness (QED) is 0.530. The summed E-state index contributed by atoms with van der Waals surface area (Å²) in [5.74, 6) is 0.416. The number of carbonyl (C=O) groups excluding carboxylic acids is 1. The predicted molar refractivity (Wildman–Crippen MR) is 97.5 cm³/mol. The van der Waals surface area contributed by atoms with Gasteiger partial charge in [-0.25, -0.2) is 9.78 Å². The molecule has 0 aliphatic rings. The van der Waals surface area contributed by atoms with Crippen LogP contribution >= 0.6 is 0 Å². The van der Waals surface area contributed by atoms with E-state index in [1.165, 1.54) is 0 Å². The van der Waals surface area contributed by atoms with E-state index in [2.05, 4.69) is 15.2 Å². The van der Waals surface area contributed by atoms with Gasteiger partial charge in [0.1, 0.15) is 0 Å².